The lowest BCUT2D eigenvalue weighted by molar-refractivity contribution is 0.480. The number of aromatic nitrogens is 3. The Morgan fingerprint density at radius 1 is 1.06 bits per heavy atom. The van der Waals surface area contributed by atoms with Gasteiger partial charge < -0.3 is 5.32 Å². The van der Waals surface area contributed by atoms with Gasteiger partial charge in [0.25, 0.3) is 10.1 Å². The summed E-state index contributed by atoms with van der Waals surface area (Å²) in [6.45, 7) is 0. The summed E-state index contributed by atoms with van der Waals surface area (Å²) in [6, 6.07) is 13.7. The Hall–Kier alpha value is -3.14. The Bertz CT molecular complexity index is 1400. The largest absolute Gasteiger partial charge is 0.340 e. The third kappa shape index (κ3) is 6.01. The molecule has 10 heteroatoms. The SMILES string of the molecule is O=S(=O)(O)CCCCc1ccc2nc(-c3cccnc3)nc(Nc3ccc(F)c(Cl)c3)c2c1. The number of aryl methyl sites for hydroxylation is 1. The first-order valence-electron chi connectivity index (χ1n) is 10.2. The maximum atomic E-state index is 13.6. The molecule has 170 valence electrons. The highest BCUT2D eigenvalue weighted by Crippen LogP contribution is 2.30. The summed E-state index contributed by atoms with van der Waals surface area (Å²) in [4.78, 5) is 13.5. The summed E-state index contributed by atoms with van der Waals surface area (Å²) < 4.78 is 44.3. The van der Waals surface area contributed by atoms with Crippen molar-refractivity contribution in [1.82, 2.24) is 15.0 Å². The second kappa shape index (κ2) is 9.78. The van der Waals surface area contributed by atoms with Crippen molar-refractivity contribution in [3.63, 3.8) is 0 Å². The molecule has 0 radical (unpaired) electrons. The fourth-order valence-corrected chi connectivity index (χ4v) is 4.12. The van der Waals surface area contributed by atoms with Crippen LogP contribution >= 0.6 is 11.6 Å². The second-order valence-corrected chi connectivity index (χ2v) is 9.47. The number of hydrogen-bond acceptors (Lipinski definition) is 6. The zero-order valence-corrected chi connectivity index (χ0v) is 18.9. The first-order valence-corrected chi connectivity index (χ1v) is 12.2. The molecule has 0 spiro atoms. The van der Waals surface area contributed by atoms with E-state index in [9.17, 15) is 12.8 Å². The highest BCUT2D eigenvalue weighted by Gasteiger charge is 2.12. The number of nitrogens with one attached hydrogen (secondary N) is 1. The van der Waals surface area contributed by atoms with Crippen LogP contribution in [-0.2, 0) is 16.5 Å². The van der Waals surface area contributed by atoms with E-state index >= 15 is 0 Å². The van der Waals surface area contributed by atoms with Gasteiger partial charge in [-0.1, -0.05) is 17.7 Å². The number of fused-ring (bicyclic) bond motifs is 1. The number of nitrogens with zero attached hydrogens (tertiary/aromatic N) is 3. The molecular weight excluding hydrogens is 467 g/mol. The molecule has 7 nitrogen and oxygen atoms in total. The topological polar surface area (TPSA) is 105 Å². The van der Waals surface area contributed by atoms with E-state index in [-0.39, 0.29) is 10.8 Å². The minimum Gasteiger partial charge on any atom is -0.340 e. The molecule has 4 rings (SSSR count). The second-order valence-electron chi connectivity index (χ2n) is 7.49. The first-order chi connectivity index (χ1) is 15.8. The lowest BCUT2D eigenvalue weighted by atomic mass is 10.1. The molecule has 2 N–H and O–H groups in total. The highest BCUT2D eigenvalue weighted by molar-refractivity contribution is 7.85. The molecule has 0 saturated heterocycles. The number of anilines is 2. The minimum absolute atomic E-state index is 0.00892. The van der Waals surface area contributed by atoms with Crippen molar-refractivity contribution in [2.45, 2.75) is 19.3 Å². The van der Waals surface area contributed by atoms with Gasteiger partial charge in [0.2, 0.25) is 0 Å². The van der Waals surface area contributed by atoms with Crippen molar-refractivity contribution in [1.29, 1.82) is 0 Å². The van der Waals surface area contributed by atoms with Crippen LogP contribution in [0.1, 0.15) is 18.4 Å². The normalized spacial score (nSPS) is 11.6. The van der Waals surface area contributed by atoms with Crippen LogP contribution in [0.4, 0.5) is 15.9 Å². The Labute approximate surface area is 195 Å². The van der Waals surface area contributed by atoms with E-state index in [4.69, 9.17) is 16.2 Å². The van der Waals surface area contributed by atoms with Crippen molar-refractivity contribution in [2.24, 2.45) is 0 Å². The van der Waals surface area contributed by atoms with Crippen LogP contribution in [0.15, 0.2) is 60.9 Å². The first kappa shape index (κ1) is 23.0. The van der Waals surface area contributed by atoms with Gasteiger partial charge in [-0.3, -0.25) is 9.54 Å². The fourth-order valence-electron chi connectivity index (χ4n) is 3.37. The fraction of sp³-hybridized carbons (Fsp3) is 0.174. The molecule has 0 amide bonds. The summed E-state index contributed by atoms with van der Waals surface area (Å²) >= 11 is 5.94. The van der Waals surface area contributed by atoms with Crippen molar-refractivity contribution in [3.05, 3.63) is 77.3 Å². The van der Waals surface area contributed by atoms with Crippen molar-refractivity contribution in [3.8, 4) is 11.4 Å². The van der Waals surface area contributed by atoms with E-state index in [1.165, 1.54) is 12.1 Å². The molecule has 33 heavy (non-hydrogen) atoms. The highest BCUT2D eigenvalue weighted by atomic mass is 35.5. The van der Waals surface area contributed by atoms with Gasteiger partial charge in [-0.25, -0.2) is 14.4 Å². The number of hydrogen-bond donors (Lipinski definition) is 2. The number of halogens is 2. The molecule has 0 saturated carbocycles. The third-order valence-corrected chi connectivity index (χ3v) is 6.07. The van der Waals surface area contributed by atoms with Gasteiger partial charge >= 0.3 is 0 Å². The van der Waals surface area contributed by atoms with Gasteiger partial charge in [0.1, 0.15) is 11.6 Å². The monoisotopic (exact) mass is 486 g/mol. The van der Waals surface area contributed by atoms with Gasteiger partial charge in [0.05, 0.1) is 16.3 Å². The van der Waals surface area contributed by atoms with Crippen molar-refractivity contribution >= 4 is 44.1 Å². The van der Waals surface area contributed by atoms with Crippen LogP contribution in [0.2, 0.25) is 5.02 Å². The number of benzene rings is 2. The van der Waals surface area contributed by atoms with Crippen LogP contribution in [-0.4, -0.2) is 33.7 Å². The van der Waals surface area contributed by atoms with Gasteiger partial charge in [-0.05, 0) is 67.3 Å². The molecular formula is C23H20ClFN4O3S. The predicted octanol–water partition coefficient (Wildman–Crippen LogP) is 5.44. The average molecular weight is 487 g/mol. The number of pyridine rings is 1. The summed E-state index contributed by atoms with van der Waals surface area (Å²) in [7, 11) is -3.96. The summed E-state index contributed by atoms with van der Waals surface area (Å²) in [5.41, 5.74) is 2.97. The van der Waals surface area contributed by atoms with Crippen LogP contribution in [0.3, 0.4) is 0 Å². The zero-order valence-electron chi connectivity index (χ0n) is 17.4. The quantitative estimate of drug-likeness (QED) is 0.252. The molecule has 0 bridgehead atoms. The van der Waals surface area contributed by atoms with Gasteiger partial charge in [-0.15, -0.1) is 0 Å². The van der Waals surface area contributed by atoms with Crippen molar-refractivity contribution in [2.75, 3.05) is 11.1 Å². The van der Waals surface area contributed by atoms with Crippen LogP contribution in [0.25, 0.3) is 22.3 Å². The molecule has 0 aliphatic carbocycles. The van der Waals surface area contributed by atoms with Crippen molar-refractivity contribution < 1.29 is 17.4 Å². The zero-order chi connectivity index (χ0) is 23.4. The predicted molar refractivity (Wildman–Crippen MR) is 127 cm³/mol. The number of unbranched alkanes of at least 4 members (excludes halogenated alkanes) is 1. The smallest absolute Gasteiger partial charge is 0.264 e. The Morgan fingerprint density at radius 3 is 2.64 bits per heavy atom. The lowest BCUT2D eigenvalue weighted by Gasteiger charge is -2.13. The van der Waals surface area contributed by atoms with Gasteiger partial charge in [0, 0.05) is 29.0 Å². The van der Waals surface area contributed by atoms with E-state index in [2.05, 4.69) is 20.3 Å². The summed E-state index contributed by atoms with van der Waals surface area (Å²) in [5, 5.41) is 3.94. The molecule has 0 unspecified atom stereocenters. The minimum atomic E-state index is -3.96. The third-order valence-electron chi connectivity index (χ3n) is 4.98. The molecule has 2 aromatic carbocycles. The van der Waals surface area contributed by atoms with Crippen LogP contribution < -0.4 is 5.32 Å². The maximum absolute atomic E-state index is 13.6. The van der Waals surface area contributed by atoms with E-state index in [0.717, 1.165) is 16.5 Å². The number of rotatable bonds is 8. The standard InChI is InChI=1S/C23H20ClFN4O3S/c24-19-13-17(7-8-20(19)25)27-23-18-12-15(4-1-2-11-33(30,31)32)6-9-21(18)28-22(29-23)16-5-3-10-26-14-16/h3,5-10,12-14H,1-2,4,11H2,(H,27,28,29)(H,30,31,32). The summed E-state index contributed by atoms with van der Waals surface area (Å²) in [6.07, 6.45) is 4.90. The van der Waals surface area contributed by atoms with E-state index < -0.39 is 15.9 Å². The lowest BCUT2D eigenvalue weighted by Crippen LogP contribution is -2.04. The Kier molecular flexibility index (Phi) is 6.83. The van der Waals surface area contributed by atoms with Gasteiger partial charge in [-0.2, -0.15) is 8.42 Å². The van der Waals surface area contributed by atoms with Gasteiger partial charge in [0.15, 0.2) is 5.82 Å². The summed E-state index contributed by atoms with van der Waals surface area (Å²) in [5.74, 6) is 0.211. The van der Waals surface area contributed by atoms with E-state index in [1.54, 1.807) is 24.5 Å². The van der Waals surface area contributed by atoms with Crippen LogP contribution in [0.5, 0.6) is 0 Å². The molecule has 0 atom stereocenters. The molecule has 4 aromatic rings. The average Bonchev–Trinajstić information content (AvgIpc) is 2.79. The maximum Gasteiger partial charge on any atom is 0.264 e. The molecule has 0 aliphatic rings. The van der Waals surface area contributed by atoms with E-state index in [1.807, 2.05) is 24.3 Å². The Morgan fingerprint density at radius 2 is 1.91 bits per heavy atom. The molecule has 2 aromatic heterocycles. The molecule has 0 fully saturated rings. The van der Waals surface area contributed by atoms with Crippen LogP contribution in [0, 0.1) is 5.82 Å². The Balaban J connectivity index is 1.70. The molecule has 2 heterocycles. The van der Waals surface area contributed by atoms with E-state index in [0.29, 0.717) is 42.1 Å². The molecule has 0 aliphatic heterocycles.